The summed E-state index contributed by atoms with van der Waals surface area (Å²) in [5.74, 6) is 0.653. The van der Waals surface area contributed by atoms with Crippen LogP contribution in [0.2, 0.25) is 0 Å². The van der Waals surface area contributed by atoms with Crippen molar-refractivity contribution in [3.63, 3.8) is 0 Å². The molecule has 3 N–H and O–H groups in total. The maximum absolute atomic E-state index is 12.6. The highest BCUT2D eigenvalue weighted by atomic mass is 19.4. The third-order valence-electron chi connectivity index (χ3n) is 2.77. The van der Waals surface area contributed by atoms with Crippen molar-refractivity contribution in [2.75, 3.05) is 0 Å². The van der Waals surface area contributed by atoms with E-state index in [1.807, 2.05) is 0 Å². The van der Waals surface area contributed by atoms with E-state index in [9.17, 15) is 13.2 Å². The Bertz CT molecular complexity index is 653. The molecule has 1 unspecified atom stereocenters. The van der Waals surface area contributed by atoms with Gasteiger partial charge < -0.3 is 4.74 Å². The standard InChI is InChI=1S/C12H10F3N5O/c13-12(14,15)7-2-1-3-8(6-7)21-10-5-4-9-17-18-11(16)20(9)19-10/h1-6,11,18H,16H2. The molecule has 0 amide bonds. The quantitative estimate of drug-likeness (QED) is 0.822. The van der Waals surface area contributed by atoms with E-state index < -0.39 is 18.0 Å². The zero-order chi connectivity index (χ0) is 15.0. The van der Waals surface area contributed by atoms with Crippen LogP contribution in [0.5, 0.6) is 5.75 Å². The van der Waals surface area contributed by atoms with Gasteiger partial charge in [-0.05, 0) is 24.3 Å². The number of fused-ring (bicyclic) bond motifs is 1. The van der Waals surface area contributed by atoms with Crippen LogP contribution in [0.15, 0.2) is 46.6 Å². The van der Waals surface area contributed by atoms with E-state index in [0.29, 0.717) is 5.84 Å². The lowest BCUT2D eigenvalue weighted by molar-refractivity contribution is -0.137. The Kier molecular flexibility index (Phi) is 3.05. The van der Waals surface area contributed by atoms with Gasteiger partial charge in [-0.1, -0.05) is 6.07 Å². The largest absolute Gasteiger partial charge is 0.438 e. The van der Waals surface area contributed by atoms with Gasteiger partial charge in [0.25, 0.3) is 0 Å². The van der Waals surface area contributed by atoms with Crippen LogP contribution >= 0.6 is 0 Å². The topological polar surface area (TPSA) is 75.2 Å². The minimum Gasteiger partial charge on any atom is -0.438 e. The number of halogens is 3. The van der Waals surface area contributed by atoms with Gasteiger partial charge in [-0.3, -0.25) is 11.2 Å². The summed E-state index contributed by atoms with van der Waals surface area (Å²) >= 11 is 0. The number of ether oxygens (including phenoxy) is 1. The SMILES string of the molecule is NC1NN=C2C=CC(Oc3cccc(C(F)(F)F)c3)=NN21. The maximum atomic E-state index is 12.6. The smallest absolute Gasteiger partial charge is 0.416 e. The Hall–Kier alpha value is -2.55. The van der Waals surface area contributed by atoms with Crippen molar-refractivity contribution in [3.05, 3.63) is 42.0 Å². The van der Waals surface area contributed by atoms with Gasteiger partial charge in [0.05, 0.1) is 5.56 Å². The Morgan fingerprint density at radius 2 is 2.10 bits per heavy atom. The molecule has 3 rings (SSSR count). The van der Waals surface area contributed by atoms with Crippen LogP contribution in [0.25, 0.3) is 0 Å². The van der Waals surface area contributed by atoms with Crippen molar-refractivity contribution in [2.45, 2.75) is 12.5 Å². The molecule has 0 bridgehead atoms. The average Bonchev–Trinajstić information content (AvgIpc) is 2.80. The molecule has 0 radical (unpaired) electrons. The first-order valence-corrected chi connectivity index (χ1v) is 5.93. The van der Waals surface area contributed by atoms with Crippen LogP contribution in [0.4, 0.5) is 13.2 Å². The Morgan fingerprint density at radius 3 is 2.86 bits per heavy atom. The lowest BCUT2D eigenvalue weighted by Gasteiger charge is -2.20. The van der Waals surface area contributed by atoms with Crippen molar-refractivity contribution in [2.24, 2.45) is 15.9 Å². The van der Waals surface area contributed by atoms with E-state index in [1.165, 1.54) is 23.2 Å². The number of nitrogens with one attached hydrogen (secondary N) is 1. The molecule has 0 fully saturated rings. The number of hydrogen-bond donors (Lipinski definition) is 2. The van der Waals surface area contributed by atoms with Crippen LogP contribution in [-0.4, -0.2) is 23.0 Å². The van der Waals surface area contributed by atoms with Gasteiger partial charge in [-0.15, -0.1) is 5.10 Å². The molecule has 2 aliphatic rings. The van der Waals surface area contributed by atoms with Gasteiger partial charge in [0.1, 0.15) is 5.75 Å². The van der Waals surface area contributed by atoms with Crippen molar-refractivity contribution in [1.29, 1.82) is 0 Å². The number of nitrogens with two attached hydrogens (primary N) is 1. The fourth-order valence-electron chi connectivity index (χ4n) is 1.80. The molecule has 1 aromatic carbocycles. The van der Waals surface area contributed by atoms with Crippen molar-refractivity contribution < 1.29 is 17.9 Å². The first-order valence-electron chi connectivity index (χ1n) is 5.93. The molecule has 1 aromatic rings. The predicted molar refractivity (Wildman–Crippen MR) is 69.0 cm³/mol. The number of amidine groups is 1. The van der Waals surface area contributed by atoms with Crippen molar-refractivity contribution in [1.82, 2.24) is 10.4 Å². The van der Waals surface area contributed by atoms with E-state index in [4.69, 9.17) is 10.5 Å². The molecule has 21 heavy (non-hydrogen) atoms. The van der Waals surface area contributed by atoms with E-state index in [-0.39, 0.29) is 11.6 Å². The van der Waals surface area contributed by atoms with Crippen molar-refractivity contribution >= 4 is 11.7 Å². The van der Waals surface area contributed by atoms with Crippen LogP contribution in [0.1, 0.15) is 5.56 Å². The normalized spacial score (nSPS) is 20.6. The number of alkyl halides is 3. The minimum absolute atomic E-state index is 0.0364. The predicted octanol–water partition coefficient (Wildman–Crippen LogP) is 1.43. The fourth-order valence-corrected chi connectivity index (χ4v) is 1.80. The molecule has 2 aliphatic heterocycles. The monoisotopic (exact) mass is 297 g/mol. The fraction of sp³-hybridized carbons (Fsp3) is 0.167. The summed E-state index contributed by atoms with van der Waals surface area (Å²) in [6, 6.07) is 4.55. The molecule has 0 spiro atoms. The molecule has 2 heterocycles. The second kappa shape index (κ2) is 4.77. The summed E-state index contributed by atoms with van der Waals surface area (Å²) in [4.78, 5) is 0. The summed E-state index contributed by atoms with van der Waals surface area (Å²) < 4.78 is 43.2. The molecule has 6 nitrogen and oxygen atoms in total. The Labute approximate surface area is 117 Å². The zero-order valence-corrected chi connectivity index (χ0v) is 10.5. The highest BCUT2D eigenvalue weighted by Gasteiger charge is 2.31. The van der Waals surface area contributed by atoms with E-state index in [2.05, 4.69) is 15.6 Å². The average molecular weight is 297 g/mol. The molecule has 1 atom stereocenters. The highest BCUT2D eigenvalue weighted by molar-refractivity contribution is 6.04. The van der Waals surface area contributed by atoms with E-state index in [0.717, 1.165) is 12.1 Å². The summed E-state index contributed by atoms with van der Waals surface area (Å²) in [5.41, 5.74) is 7.50. The lowest BCUT2D eigenvalue weighted by Crippen LogP contribution is -2.45. The third kappa shape index (κ3) is 2.68. The molecule has 0 saturated heterocycles. The van der Waals surface area contributed by atoms with Crippen LogP contribution in [-0.2, 0) is 6.18 Å². The number of rotatable bonds is 1. The number of nitrogens with zero attached hydrogens (tertiary/aromatic N) is 3. The van der Waals surface area contributed by atoms with Crippen LogP contribution in [0.3, 0.4) is 0 Å². The summed E-state index contributed by atoms with van der Waals surface area (Å²) in [6.07, 6.45) is -1.97. The highest BCUT2D eigenvalue weighted by Crippen LogP contribution is 2.31. The molecular formula is C12H10F3N5O. The van der Waals surface area contributed by atoms with Gasteiger partial charge in [0, 0.05) is 6.08 Å². The maximum Gasteiger partial charge on any atom is 0.416 e. The number of hydrogen-bond acceptors (Lipinski definition) is 6. The Morgan fingerprint density at radius 1 is 1.29 bits per heavy atom. The van der Waals surface area contributed by atoms with Crippen LogP contribution in [0, 0.1) is 0 Å². The molecule has 0 aliphatic carbocycles. The second-order valence-electron chi connectivity index (χ2n) is 4.29. The van der Waals surface area contributed by atoms with Gasteiger partial charge in [-0.2, -0.15) is 18.3 Å². The summed E-state index contributed by atoms with van der Waals surface area (Å²) in [5, 5.41) is 9.31. The summed E-state index contributed by atoms with van der Waals surface area (Å²) in [6.45, 7) is 0. The van der Waals surface area contributed by atoms with Crippen molar-refractivity contribution in [3.8, 4) is 5.75 Å². The van der Waals surface area contributed by atoms with Gasteiger partial charge in [0.2, 0.25) is 5.90 Å². The van der Waals surface area contributed by atoms with Gasteiger partial charge in [0.15, 0.2) is 12.1 Å². The Balaban J connectivity index is 1.80. The van der Waals surface area contributed by atoms with E-state index >= 15 is 0 Å². The zero-order valence-electron chi connectivity index (χ0n) is 10.5. The molecule has 0 saturated carbocycles. The molecule has 0 aromatic heterocycles. The van der Waals surface area contributed by atoms with Crippen LogP contribution < -0.4 is 15.9 Å². The third-order valence-corrected chi connectivity index (χ3v) is 2.77. The molecule has 9 heteroatoms. The first kappa shape index (κ1) is 13.4. The number of hydrazone groups is 2. The summed E-state index contributed by atoms with van der Waals surface area (Å²) in [7, 11) is 0. The second-order valence-corrected chi connectivity index (χ2v) is 4.29. The molecule has 110 valence electrons. The minimum atomic E-state index is -4.43. The lowest BCUT2D eigenvalue weighted by atomic mass is 10.2. The van der Waals surface area contributed by atoms with Gasteiger partial charge in [-0.25, -0.2) is 5.01 Å². The first-order chi connectivity index (χ1) is 9.93. The molecular weight excluding hydrogens is 287 g/mol. The van der Waals surface area contributed by atoms with Gasteiger partial charge >= 0.3 is 6.18 Å². The number of benzene rings is 1. The van der Waals surface area contributed by atoms with E-state index in [1.54, 1.807) is 6.08 Å².